The lowest BCUT2D eigenvalue weighted by Crippen LogP contribution is -2.47. The molecule has 0 radical (unpaired) electrons. The van der Waals surface area contributed by atoms with Crippen LogP contribution in [-0.2, 0) is 4.79 Å². The van der Waals surface area contributed by atoms with Crippen LogP contribution in [0.25, 0.3) is 0 Å². The van der Waals surface area contributed by atoms with Gasteiger partial charge in [-0.2, -0.15) is 0 Å². The van der Waals surface area contributed by atoms with Crippen molar-refractivity contribution in [2.24, 2.45) is 0 Å². The molecular formula is C18H31ClN2O. The number of nitrogens with one attached hydrogen (secondary N) is 1. The summed E-state index contributed by atoms with van der Waals surface area (Å²) in [6.45, 7) is 8.35. The van der Waals surface area contributed by atoms with Gasteiger partial charge in [-0.3, -0.25) is 9.69 Å². The van der Waals surface area contributed by atoms with Crippen LogP contribution in [-0.4, -0.2) is 29.9 Å². The van der Waals surface area contributed by atoms with Crippen LogP contribution in [0.4, 0.5) is 5.69 Å². The van der Waals surface area contributed by atoms with Crippen LogP contribution >= 0.6 is 12.4 Å². The Labute approximate surface area is 141 Å². The third-order valence-electron chi connectivity index (χ3n) is 4.16. The number of para-hydroxylation sites is 1. The first-order chi connectivity index (χ1) is 9.63. The maximum atomic E-state index is 12.6. The van der Waals surface area contributed by atoms with Crippen molar-refractivity contribution in [3.05, 3.63) is 29.3 Å². The highest BCUT2D eigenvalue weighted by atomic mass is 35.5. The third kappa shape index (κ3) is 4.99. The van der Waals surface area contributed by atoms with E-state index in [4.69, 9.17) is 0 Å². The van der Waals surface area contributed by atoms with Gasteiger partial charge in [0.15, 0.2) is 0 Å². The van der Waals surface area contributed by atoms with E-state index in [1.165, 1.54) is 6.42 Å². The lowest BCUT2D eigenvalue weighted by atomic mass is 10.0. The molecule has 1 heterocycles. The predicted molar refractivity (Wildman–Crippen MR) is 98.0 cm³/mol. The number of hydrogen-bond acceptors (Lipinski definition) is 2. The molecule has 1 fully saturated rings. The summed E-state index contributed by atoms with van der Waals surface area (Å²) in [5.74, 6) is 0.163. The minimum absolute atomic E-state index is 0. The van der Waals surface area contributed by atoms with Crippen molar-refractivity contribution < 1.29 is 4.79 Å². The number of amides is 1. The molecule has 1 saturated heterocycles. The van der Waals surface area contributed by atoms with E-state index in [2.05, 4.69) is 17.1 Å². The molecule has 0 spiro atoms. The molecule has 0 aromatic heterocycles. The summed E-state index contributed by atoms with van der Waals surface area (Å²) in [6, 6.07) is 6.17. The molecule has 1 N–H and O–H groups in total. The van der Waals surface area contributed by atoms with E-state index in [0.29, 0.717) is 0 Å². The molecule has 1 amide bonds. The number of nitrogens with zero attached hydrogens (tertiary/aromatic N) is 1. The topological polar surface area (TPSA) is 32.3 Å². The Kier molecular flexibility index (Phi) is 9.38. The first-order valence-corrected chi connectivity index (χ1v) is 7.74. The summed E-state index contributed by atoms with van der Waals surface area (Å²) in [4.78, 5) is 14.9. The summed E-state index contributed by atoms with van der Waals surface area (Å²) in [5.41, 5.74) is 3.26. The van der Waals surface area contributed by atoms with Gasteiger partial charge in [0.05, 0.1) is 6.04 Å². The maximum absolute atomic E-state index is 12.6. The molecule has 1 aliphatic rings. The number of carbonyl (C=O) groups excluding carboxylic acids is 1. The first kappa shape index (κ1) is 20.9. The second-order valence-corrected chi connectivity index (χ2v) is 5.80. The smallest absolute Gasteiger partial charge is 0.241 e. The van der Waals surface area contributed by atoms with Gasteiger partial charge >= 0.3 is 0 Å². The number of hydrogen-bond donors (Lipinski definition) is 1. The van der Waals surface area contributed by atoms with E-state index in [1.807, 2.05) is 32.0 Å². The summed E-state index contributed by atoms with van der Waals surface area (Å²) in [5, 5.41) is 3.16. The van der Waals surface area contributed by atoms with Gasteiger partial charge in [-0.1, -0.05) is 39.0 Å². The number of aryl methyl sites for hydroxylation is 2. The van der Waals surface area contributed by atoms with Crippen molar-refractivity contribution in [2.45, 2.75) is 59.9 Å². The van der Waals surface area contributed by atoms with Gasteiger partial charge in [-0.05, 0) is 57.3 Å². The standard InChI is InChI=1S/C17H26N2O.CH4.ClH/c1-4-11-19-12-6-5-10-15(19)17(20)18-16-13(2)8-7-9-14(16)3;;/h7-9,15H,4-6,10-12H2,1-3H3,(H,18,20);1H4;1H. The Hall–Kier alpha value is -1.06. The average Bonchev–Trinajstić information content (AvgIpc) is 2.44. The molecule has 1 aromatic rings. The zero-order valence-corrected chi connectivity index (χ0v) is 14.1. The summed E-state index contributed by atoms with van der Waals surface area (Å²) < 4.78 is 0. The van der Waals surface area contributed by atoms with E-state index < -0.39 is 0 Å². The molecule has 0 saturated carbocycles. The third-order valence-corrected chi connectivity index (χ3v) is 4.16. The van der Waals surface area contributed by atoms with Crippen LogP contribution in [0.2, 0.25) is 0 Å². The van der Waals surface area contributed by atoms with Crippen molar-refractivity contribution in [1.29, 1.82) is 0 Å². The molecule has 22 heavy (non-hydrogen) atoms. The van der Waals surface area contributed by atoms with Gasteiger partial charge in [0.25, 0.3) is 0 Å². The van der Waals surface area contributed by atoms with Crippen LogP contribution in [0, 0.1) is 13.8 Å². The van der Waals surface area contributed by atoms with Gasteiger partial charge in [0, 0.05) is 5.69 Å². The highest BCUT2D eigenvalue weighted by Gasteiger charge is 2.28. The fraction of sp³-hybridized carbons (Fsp3) is 0.611. The van der Waals surface area contributed by atoms with Crippen molar-refractivity contribution in [2.75, 3.05) is 18.4 Å². The number of halogens is 1. The molecular weight excluding hydrogens is 296 g/mol. The predicted octanol–water partition coefficient (Wildman–Crippen LogP) is 4.56. The Morgan fingerprint density at radius 1 is 1.27 bits per heavy atom. The molecule has 4 heteroatoms. The van der Waals surface area contributed by atoms with E-state index in [1.54, 1.807) is 0 Å². The Morgan fingerprint density at radius 2 is 1.91 bits per heavy atom. The molecule has 1 aliphatic heterocycles. The number of piperidine rings is 1. The molecule has 2 rings (SSSR count). The van der Waals surface area contributed by atoms with E-state index in [0.717, 1.165) is 49.2 Å². The minimum atomic E-state index is 0. The fourth-order valence-electron chi connectivity index (χ4n) is 3.06. The molecule has 3 nitrogen and oxygen atoms in total. The number of likely N-dealkylation sites (tertiary alicyclic amines) is 1. The number of rotatable bonds is 4. The van der Waals surface area contributed by atoms with Crippen LogP contribution in [0.3, 0.4) is 0 Å². The molecule has 0 bridgehead atoms. The zero-order chi connectivity index (χ0) is 14.5. The van der Waals surface area contributed by atoms with Crippen LogP contribution < -0.4 is 5.32 Å². The van der Waals surface area contributed by atoms with E-state index >= 15 is 0 Å². The van der Waals surface area contributed by atoms with Gasteiger partial charge in [0.1, 0.15) is 0 Å². The minimum Gasteiger partial charge on any atom is -0.324 e. The number of carbonyl (C=O) groups is 1. The van der Waals surface area contributed by atoms with Crippen molar-refractivity contribution in [1.82, 2.24) is 4.90 Å². The fourth-order valence-corrected chi connectivity index (χ4v) is 3.06. The van der Waals surface area contributed by atoms with Crippen molar-refractivity contribution in [3.63, 3.8) is 0 Å². The summed E-state index contributed by atoms with van der Waals surface area (Å²) >= 11 is 0. The molecule has 1 aromatic carbocycles. The molecule has 126 valence electrons. The van der Waals surface area contributed by atoms with Crippen LogP contribution in [0.15, 0.2) is 18.2 Å². The monoisotopic (exact) mass is 326 g/mol. The number of benzene rings is 1. The highest BCUT2D eigenvalue weighted by molar-refractivity contribution is 5.96. The normalized spacial score (nSPS) is 18.0. The molecule has 0 aliphatic carbocycles. The zero-order valence-electron chi connectivity index (χ0n) is 13.3. The SMILES string of the molecule is C.CCCN1CCCCC1C(=O)Nc1c(C)cccc1C.Cl. The number of anilines is 1. The van der Waals surface area contributed by atoms with E-state index in [9.17, 15) is 4.79 Å². The Bertz CT molecular complexity index is 454. The Balaban J connectivity index is 0.00000220. The first-order valence-electron chi connectivity index (χ1n) is 7.74. The van der Waals surface area contributed by atoms with Gasteiger partial charge in [0.2, 0.25) is 5.91 Å². The highest BCUT2D eigenvalue weighted by Crippen LogP contribution is 2.23. The summed E-state index contributed by atoms with van der Waals surface area (Å²) in [7, 11) is 0. The second kappa shape index (κ2) is 9.86. The maximum Gasteiger partial charge on any atom is 0.241 e. The van der Waals surface area contributed by atoms with Gasteiger partial charge < -0.3 is 5.32 Å². The summed E-state index contributed by atoms with van der Waals surface area (Å²) in [6.07, 6.45) is 4.46. The van der Waals surface area contributed by atoms with Crippen LogP contribution in [0.1, 0.15) is 51.2 Å². The average molecular weight is 327 g/mol. The quantitative estimate of drug-likeness (QED) is 0.879. The van der Waals surface area contributed by atoms with Crippen LogP contribution in [0.5, 0.6) is 0 Å². The lowest BCUT2D eigenvalue weighted by Gasteiger charge is -2.34. The van der Waals surface area contributed by atoms with Gasteiger partial charge in [-0.15, -0.1) is 12.4 Å². The lowest BCUT2D eigenvalue weighted by molar-refractivity contribution is -0.122. The van der Waals surface area contributed by atoms with Gasteiger partial charge in [-0.25, -0.2) is 0 Å². The van der Waals surface area contributed by atoms with Crippen molar-refractivity contribution in [3.8, 4) is 0 Å². The second-order valence-electron chi connectivity index (χ2n) is 5.80. The van der Waals surface area contributed by atoms with E-state index in [-0.39, 0.29) is 31.8 Å². The Morgan fingerprint density at radius 3 is 2.50 bits per heavy atom. The molecule has 1 unspecified atom stereocenters. The largest absolute Gasteiger partial charge is 0.324 e. The van der Waals surface area contributed by atoms with Crippen molar-refractivity contribution >= 4 is 24.0 Å². The molecule has 1 atom stereocenters.